The van der Waals surface area contributed by atoms with Gasteiger partial charge in [0.1, 0.15) is 12.4 Å². The lowest BCUT2D eigenvalue weighted by atomic mass is 9.63. The Morgan fingerprint density at radius 3 is 1.98 bits per heavy atom. The summed E-state index contributed by atoms with van der Waals surface area (Å²) in [6, 6.07) is 9.80. The highest BCUT2D eigenvalue weighted by Gasteiger charge is 2.49. The molecule has 0 N–H and O–H groups in total. The van der Waals surface area contributed by atoms with Gasteiger partial charge < -0.3 is 14.4 Å². The normalized spacial score (nSPS) is 20.0. The van der Waals surface area contributed by atoms with Crippen molar-refractivity contribution in [2.24, 2.45) is 10.8 Å². The van der Waals surface area contributed by atoms with Crippen LogP contribution in [0.2, 0.25) is 5.02 Å². The number of rotatable bonds is 8. The van der Waals surface area contributed by atoms with Gasteiger partial charge in [-0.1, -0.05) is 58.4 Å². The number of ether oxygens (including phenoxy) is 2. The minimum Gasteiger partial charge on any atom is -0.490 e. The minimum atomic E-state index is -0.516. The van der Waals surface area contributed by atoms with Crippen LogP contribution >= 0.6 is 11.6 Å². The van der Waals surface area contributed by atoms with E-state index in [0.717, 1.165) is 48.3 Å². The number of halogens is 2. The van der Waals surface area contributed by atoms with Crippen molar-refractivity contribution >= 4 is 23.2 Å². The largest absolute Gasteiger partial charge is 0.490 e. The zero-order valence-corrected chi connectivity index (χ0v) is 26.3. The summed E-state index contributed by atoms with van der Waals surface area (Å²) in [6.45, 7) is 13.9. The average molecular weight is 594 g/mol. The number of hydrogen-bond acceptors (Lipinski definition) is 5. The molecule has 1 heterocycles. The first kappa shape index (κ1) is 30.3. The Hall–Kier alpha value is -3.12. The fourth-order valence-electron chi connectivity index (χ4n) is 6.77. The molecule has 0 spiro atoms. The van der Waals surface area contributed by atoms with Crippen molar-refractivity contribution < 1.29 is 23.5 Å². The zero-order valence-electron chi connectivity index (χ0n) is 25.5. The second-order valence-electron chi connectivity index (χ2n) is 13.4. The molecule has 0 amide bonds. The van der Waals surface area contributed by atoms with E-state index >= 15 is 0 Å². The Kier molecular flexibility index (Phi) is 8.32. The molecule has 3 aliphatic rings. The van der Waals surface area contributed by atoms with Crippen LogP contribution in [0.25, 0.3) is 0 Å². The molecule has 2 aliphatic carbocycles. The second-order valence-corrected chi connectivity index (χ2v) is 13.8. The maximum absolute atomic E-state index is 14.0. The topological polar surface area (TPSA) is 55.8 Å². The Labute approximate surface area is 253 Å². The van der Waals surface area contributed by atoms with Gasteiger partial charge in [0, 0.05) is 47.8 Å². The van der Waals surface area contributed by atoms with Gasteiger partial charge >= 0.3 is 0 Å². The molecule has 2 aromatic rings. The van der Waals surface area contributed by atoms with Crippen molar-refractivity contribution in [2.45, 2.75) is 86.2 Å². The van der Waals surface area contributed by atoms with E-state index in [-0.39, 0.29) is 34.8 Å². The average Bonchev–Trinajstić information content (AvgIpc) is 2.88. The van der Waals surface area contributed by atoms with E-state index in [1.54, 1.807) is 12.1 Å². The van der Waals surface area contributed by atoms with Crippen molar-refractivity contribution in [3.63, 3.8) is 0 Å². The van der Waals surface area contributed by atoms with Gasteiger partial charge in [-0.25, -0.2) is 4.39 Å². The van der Waals surface area contributed by atoms with Crippen LogP contribution in [0.3, 0.4) is 0 Å². The number of carbonyl (C=O) groups excluding carboxylic acids is 2. The fourth-order valence-corrected chi connectivity index (χ4v) is 7.04. The van der Waals surface area contributed by atoms with E-state index < -0.39 is 5.92 Å². The summed E-state index contributed by atoms with van der Waals surface area (Å²) in [6.07, 6.45) is 3.29. The summed E-state index contributed by atoms with van der Waals surface area (Å²) in [5.41, 5.74) is 4.71. The third kappa shape index (κ3) is 5.88. The van der Waals surface area contributed by atoms with Crippen LogP contribution in [0.15, 0.2) is 58.9 Å². The Bertz CT molecular complexity index is 1420. The third-order valence-corrected chi connectivity index (χ3v) is 8.71. The van der Waals surface area contributed by atoms with Crippen LogP contribution in [0, 0.1) is 16.6 Å². The monoisotopic (exact) mass is 593 g/mol. The number of hydrogen-bond donors (Lipinski definition) is 0. The number of ketones is 2. The molecule has 0 unspecified atom stereocenters. The highest BCUT2D eigenvalue weighted by Crippen LogP contribution is 2.55. The molecule has 5 rings (SSSR count). The highest BCUT2D eigenvalue weighted by atomic mass is 35.5. The highest BCUT2D eigenvalue weighted by molar-refractivity contribution is 6.32. The molecule has 7 heteroatoms. The van der Waals surface area contributed by atoms with Gasteiger partial charge in [0.05, 0.1) is 11.6 Å². The molecule has 1 aliphatic heterocycles. The molecular weight excluding hydrogens is 553 g/mol. The van der Waals surface area contributed by atoms with Crippen LogP contribution in [-0.4, -0.2) is 29.6 Å². The molecular formula is C35H41ClFNO4. The summed E-state index contributed by atoms with van der Waals surface area (Å²) in [5.74, 6) is 0.174. The Morgan fingerprint density at radius 2 is 1.45 bits per heavy atom. The fraction of sp³-hybridized carbons (Fsp3) is 0.486. The Morgan fingerprint density at radius 1 is 0.881 bits per heavy atom. The second kappa shape index (κ2) is 11.5. The molecule has 0 atom stereocenters. The van der Waals surface area contributed by atoms with Crippen LogP contribution in [0.1, 0.15) is 90.7 Å². The molecule has 0 saturated carbocycles. The first-order valence-corrected chi connectivity index (χ1v) is 15.4. The van der Waals surface area contributed by atoms with E-state index in [0.29, 0.717) is 47.1 Å². The van der Waals surface area contributed by atoms with E-state index in [9.17, 15) is 14.0 Å². The van der Waals surface area contributed by atoms with Crippen molar-refractivity contribution in [3.8, 4) is 11.5 Å². The van der Waals surface area contributed by atoms with Crippen LogP contribution in [-0.2, 0) is 16.2 Å². The quantitative estimate of drug-likeness (QED) is 0.307. The van der Waals surface area contributed by atoms with E-state index in [4.69, 9.17) is 21.1 Å². The van der Waals surface area contributed by atoms with E-state index in [2.05, 4.69) is 39.5 Å². The summed E-state index contributed by atoms with van der Waals surface area (Å²) in [5, 5.41) is 0.338. The summed E-state index contributed by atoms with van der Waals surface area (Å²) < 4.78 is 25.5. The number of allylic oxidation sites excluding steroid dienone is 4. The van der Waals surface area contributed by atoms with Gasteiger partial charge in [0.2, 0.25) is 0 Å². The molecule has 0 saturated heterocycles. The molecule has 0 bridgehead atoms. The van der Waals surface area contributed by atoms with Crippen molar-refractivity contribution in [3.05, 3.63) is 80.9 Å². The van der Waals surface area contributed by atoms with Gasteiger partial charge in [0.15, 0.2) is 23.1 Å². The maximum Gasteiger partial charge on any atom is 0.180 e. The molecule has 0 radical (unpaired) electrons. The van der Waals surface area contributed by atoms with E-state index in [1.807, 2.05) is 19.1 Å². The first-order chi connectivity index (χ1) is 19.8. The molecule has 5 nitrogen and oxygen atoms in total. The van der Waals surface area contributed by atoms with Crippen molar-refractivity contribution in [1.82, 2.24) is 4.90 Å². The zero-order chi connectivity index (χ0) is 30.4. The predicted octanol–water partition coefficient (Wildman–Crippen LogP) is 8.55. The van der Waals surface area contributed by atoms with E-state index in [1.165, 1.54) is 12.1 Å². The number of Topliss-reactive ketones (excluding diaryl/α,β-unsaturated/α-hetero) is 2. The van der Waals surface area contributed by atoms with Gasteiger partial charge in [-0.15, -0.1) is 0 Å². The predicted molar refractivity (Wildman–Crippen MR) is 163 cm³/mol. The summed E-state index contributed by atoms with van der Waals surface area (Å²) in [4.78, 5) is 30.3. The van der Waals surface area contributed by atoms with Gasteiger partial charge in [0.25, 0.3) is 0 Å². The molecule has 0 fully saturated rings. The lowest BCUT2D eigenvalue weighted by molar-refractivity contribution is -0.119. The van der Waals surface area contributed by atoms with Crippen molar-refractivity contribution in [2.75, 3.05) is 13.2 Å². The molecule has 42 heavy (non-hydrogen) atoms. The maximum atomic E-state index is 14.0. The van der Waals surface area contributed by atoms with Crippen LogP contribution < -0.4 is 9.47 Å². The van der Waals surface area contributed by atoms with Crippen LogP contribution in [0.4, 0.5) is 4.39 Å². The standard InChI is InChI=1S/C35H41ClFNO4/c1-7-13-38-25-16-34(3,4)18-27(39)31(25)30(32-26(38)17-35(5,6)19-28(32)40)22-14-24(36)33(29(15-22)41-8-2)42-20-21-9-11-23(37)12-10-21/h9-12,14-15,30H,7-8,13,16-20H2,1-6H3. The number of benzene rings is 2. The van der Waals surface area contributed by atoms with Crippen LogP contribution in [0.5, 0.6) is 11.5 Å². The smallest absolute Gasteiger partial charge is 0.180 e. The van der Waals surface area contributed by atoms with Gasteiger partial charge in [-0.3, -0.25) is 9.59 Å². The molecule has 2 aromatic carbocycles. The number of nitrogens with zero attached hydrogens (tertiary/aromatic N) is 1. The summed E-state index contributed by atoms with van der Waals surface area (Å²) >= 11 is 6.90. The van der Waals surface area contributed by atoms with Crippen molar-refractivity contribution in [1.29, 1.82) is 0 Å². The number of carbonyl (C=O) groups is 2. The lowest BCUT2D eigenvalue weighted by Crippen LogP contribution is -2.44. The molecule has 0 aromatic heterocycles. The first-order valence-electron chi connectivity index (χ1n) is 15.0. The minimum absolute atomic E-state index is 0.0854. The Balaban J connectivity index is 1.66. The third-order valence-electron chi connectivity index (χ3n) is 8.43. The lowest BCUT2D eigenvalue weighted by Gasteiger charge is -2.49. The summed E-state index contributed by atoms with van der Waals surface area (Å²) in [7, 11) is 0. The SMILES string of the molecule is CCCN1C2=C(C(=O)CC(C)(C)C2)C(c2cc(Cl)c(OCc3ccc(F)cc3)c(OCC)c2)C2=C1CC(C)(C)CC2=O. The molecule has 224 valence electrons. The van der Waals surface area contributed by atoms with Gasteiger partial charge in [-0.05, 0) is 72.4 Å². The van der Waals surface area contributed by atoms with Gasteiger partial charge in [-0.2, -0.15) is 0 Å².